The second-order valence-corrected chi connectivity index (χ2v) is 14.6. The van der Waals surface area contributed by atoms with Gasteiger partial charge in [0.25, 0.3) is 5.91 Å². The number of primary amides is 1. The van der Waals surface area contributed by atoms with Crippen molar-refractivity contribution in [3.05, 3.63) is 45.2 Å². The molecule has 0 bridgehead atoms. The van der Waals surface area contributed by atoms with E-state index < -0.39 is 93.1 Å². The number of halogens is 3. The number of nitrogens with two attached hydrogens (primary N) is 1. The van der Waals surface area contributed by atoms with E-state index in [1.165, 1.54) is 19.0 Å². The van der Waals surface area contributed by atoms with Crippen molar-refractivity contribution in [1.29, 1.82) is 0 Å². The van der Waals surface area contributed by atoms with Gasteiger partial charge in [-0.25, -0.2) is 0 Å². The molecule has 5 aliphatic rings. The van der Waals surface area contributed by atoms with Crippen LogP contribution in [0.5, 0.6) is 5.75 Å². The van der Waals surface area contributed by atoms with E-state index >= 15 is 13.2 Å². The number of aromatic hydroxyl groups is 1. The summed E-state index contributed by atoms with van der Waals surface area (Å²) in [7, 11) is 2.92. The highest BCUT2D eigenvalue weighted by atomic mass is 19.4. The number of phenolic OH excluding ortho intramolecular Hbond substituents is 1. The van der Waals surface area contributed by atoms with E-state index in [1.807, 2.05) is 0 Å². The van der Waals surface area contributed by atoms with Gasteiger partial charge in [-0.05, 0) is 93.5 Å². The molecule has 13 heteroatoms. The van der Waals surface area contributed by atoms with Gasteiger partial charge in [-0.15, -0.1) is 0 Å². The third-order valence-corrected chi connectivity index (χ3v) is 11.4. The minimum Gasteiger partial charge on any atom is -0.508 e. The van der Waals surface area contributed by atoms with E-state index in [2.05, 4.69) is 11.8 Å². The number of aliphatic hydroxyl groups is 3. The molecule has 0 aromatic heterocycles. The summed E-state index contributed by atoms with van der Waals surface area (Å²) >= 11 is 0. The molecule has 1 aromatic carbocycles. The van der Waals surface area contributed by atoms with Crippen LogP contribution in [0.25, 0.3) is 5.76 Å². The number of ketones is 2. The van der Waals surface area contributed by atoms with Crippen molar-refractivity contribution >= 4 is 23.2 Å². The fourth-order valence-corrected chi connectivity index (χ4v) is 8.73. The van der Waals surface area contributed by atoms with Gasteiger partial charge < -0.3 is 26.2 Å². The lowest BCUT2D eigenvalue weighted by molar-refractivity contribution is -0.153. The number of amides is 1. The molecule has 3 fully saturated rings. The van der Waals surface area contributed by atoms with Crippen LogP contribution in [-0.4, -0.2) is 86.5 Å². The fourth-order valence-electron chi connectivity index (χ4n) is 8.73. The lowest BCUT2D eigenvalue weighted by Gasteiger charge is -2.50. The van der Waals surface area contributed by atoms with E-state index in [9.17, 15) is 34.8 Å². The van der Waals surface area contributed by atoms with Gasteiger partial charge in [-0.1, -0.05) is 13.3 Å². The van der Waals surface area contributed by atoms with Gasteiger partial charge in [-0.3, -0.25) is 24.2 Å². The van der Waals surface area contributed by atoms with Crippen molar-refractivity contribution in [3.63, 3.8) is 0 Å². The average Bonchev–Trinajstić information content (AvgIpc) is 3.75. The number of phenols is 1. The number of hydrogen-bond acceptors (Lipinski definition) is 9. The number of alkyl halides is 3. The number of rotatable bonds is 9. The van der Waals surface area contributed by atoms with Crippen LogP contribution in [0.3, 0.4) is 0 Å². The zero-order chi connectivity index (χ0) is 34.4. The van der Waals surface area contributed by atoms with Crippen LogP contribution in [0.4, 0.5) is 13.2 Å². The number of benzene rings is 1. The first-order valence-electron chi connectivity index (χ1n) is 16.3. The second kappa shape index (κ2) is 11.3. The summed E-state index contributed by atoms with van der Waals surface area (Å²) in [6.45, 7) is 3.34. The first-order valence-corrected chi connectivity index (χ1v) is 16.3. The third kappa shape index (κ3) is 5.25. The van der Waals surface area contributed by atoms with E-state index in [1.54, 1.807) is 0 Å². The quantitative estimate of drug-likeness (QED) is 0.248. The molecule has 4 atom stereocenters. The Morgan fingerprint density at radius 2 is 1.79 bits per heavy atom. The Bertz CT molecular complexity index is 1600. The molecule has 1 amide bonds. The Morgan fingerprint density at radius 3 is 2.30 bits per heavy atom. The smallest absolute Gasteiger partial charge is 0.417 e. The summed E-state index contributed by atoms with van der Waals surface area (Å²) in [5.74, 6) is -8.48. The fraction of sp³-hybridized carbons (Fsp3) is 0.618. The minimum atomic E-state index is -4.88. The van der Waals surface area contributed by atoms with Crippen LogP contribution in [0.15, 0.2) is 23.0 Å². The molecule has 1 aromatic rings. The van der Waals surface area contributed by atoms with Crippen molar-refractivity contribution in [2.75, 3.05) is 27.2 Å². The number of Topliss-reactive ketones (excluding diaryl/α,β-unsaturated/α-hetero) is 2. The summed E-state index contributed by atoms with van der Waals surface area (Å²) in [6.07, 6.45) is 0.473. The first-order chi connectivity index (χ1) is 21.9. The minimum absolute atomic E-state index is 0.0491. The Balaban J connectivity index is 1.48. The van der Waals surface area contributed by atoms with E-state index in [0.717, 1.165) is 44.6 Å². The summed E-state index contributed by atoms with van der Waals surface area (Å²) in [4.78, 5) is 42.9. The van der Waals surface area contributed by atoms with Crippen molar-refractivity contribution in [3.8, 4) is 5.75 Å². The molecule has 6 rings (SSSR count). The Kier molecular flexibility index (Phi) is 8.08. The highest BCUT2D eigenvalue weighted by Gasteiger charge is 2.64. The van der Waals surface area contributed by atoms with Crippen LogP contribution in [0, 0.1) is 23.2 Å². The Hall–Kier alpha value is -3.42. The molecule has 3 saturated carbocycles. The van der Waals surface area contributed by atoms with Crippen molar-refractivity contribution in [1.82, 2.24) is 9.80 Å². The number of aliphatic hydroxyl groups excluding tert-OH is 2. The Labute approximate surface area is 270 Å². The average molecular weight is 662 g/mol. The predicted octanol–water partition coefficient (Wildman–Crippen LogP) is 3.78. The van der Waals surface area contributed by atoms with Crippen molar-refractivity contribution in [2.45, 2.75) is 82.7 Å². The third-order valence-electron chi connectivity index (χ3n) is 11.4. The van der Waals surface area contributed by atoms with Gasteiger partial charge in [0.1, 0.15) is 22.8 Å². The molecule has 256 valence electrons. The van der Waals surface area contributed by atoms with Crippen molar-refractivity contribution < 1.29 is 48.0 Å². The molecule has 0 heterocycles. The van der Waals surface area contributed by atoms with Crippen molar-refractivity contribution in [2.24, 2.45) is 28.9 Å². The predicted molar refractivity (Wildman–Crippen MR) is 164 cm³/mol. The Morgan fingerprint density at radius 1 is 1.13 bits per heavy atom. The second-order valence-electron chi connectivity index (χ2n) is 14.6. The standard InChI is InChI=1S/C34H42F3N3O7/c1-4-32(8-5-9-32)15-40(13-16-6-7-16)14-18-12-21(41)23-19(25(18)34(35,36)37)10-17-11-20-26(39(2)3)28(43)24(31(38)46)30(45)33(20,47)29(44)22(17)27(23)42/h12,16-17,20,26,41-42,45,47H,4-11,13-15H2,1-3H3,(H2,38,46)/t17-,20-,26-,33-/m0/s1. The van der Waals surface area contributed by atoms with Crippen LogP contribution in [-0.2, 0) is 33.5 Å². The number of fused-ring (bicyclic) bond motifs is 3. The summed E-state index contributed by atoms with van der Waals surface area (Å²) in [5.41, 5.74) is -0.946. The monoisotopic (exact) mass is 661 g/mol. The molecule has 0 spiro atoms. The van der Waals surface area contributed by atoms with Gasteiger partial charge in [-0.2, -0.15) is 13.2 Å². The number of hydrogen-bond donors (Lipinski definition) is 5. The van der Waals surface area contributed by atoms with Crippen LogP contribution < -0.4 is 5.73 Å². The molecule has 47 heavy (non-hydrogen) atoms. The summed E-state index contributed by atoms with van der Waals surface area (Å²) in [6, 6.07) is -0.324. The van der Waals surface area contributed by atoms with Gasteiger partial charge in [0, 0.05) is 31.1 Å². The van der Waals surface area contributed by atoms with Gasteiger partial charge >= 0.3 is 6.18 Å². The van der Waals surface area contributed by atoms with E-state index in [4.69, 9.17) is 5.73 Å². The molecular weight excluding hydrogens is 619 g/mol. The van der Waals surface area contributed by atoms with Gasteiger partial charge in [0.15, 0.2) is 11.4 Å². The lowest BCUT2D eigenvalue weighted by Crippen LogP contribution is -2.65. The molecule has 0 aliphatic heterocycles. The maximum Gasteiger partial charge on any atom is 0.417 e. The number of likely N-dealkylation sites (N-methyl/N-ethyl adjacent to an activating group) is 1. The maximum atomic E-state index is 15.1. The summed E-state index contributed by atoms with van der Waals surface area (Å²) in [5, 5.41) is 45.4. The summed E-state index contributed by atoms with van der Waals surface area (Å²) < 4.78 is 45.2. The van der Waals surface area contributed by atoms with Crippen LogP contribution in [0.1, 0.15) is 74.1 Å². The number of carbonyl (C=O) groups is 3. The van der Waals surface area contributed by atoms with Crippen LogP contribution >= 0.6 is 0 Å². The molecule has 5 aliphatic carbocycles. The molecule has 6 N–H and O–H groups in total. The number of nitrogens with zero attached hydrogens (tertiary/aromatic N) is 2. The molecule has 10 nitrogen and oxygen atoms in total. The largest absolute Gasteiger partial charge is 0.508 e. The van der Waals surface area contributed by atoms with Gasteiger partial charge in [0.05, 0.1) is 17.2 Å². The number of carbonyl (C=O) groups excluding carboxylic acids is 3. The normalized spacial score (nSPS) is 28.7. The van der Waals surface area contributed by atoms with E-state index in [-0.39, 0.29) is 29.5 Å². The van der Waals surface area contributed by atoms with Crippen LogP contribution in [0.2, 0.25) is 0 Å². The molecular formula is C34H42F3N3O7. The zero-order valence-electron chi connectivity index (χ0n) is 26.8. The highest BCUT2D eigenvalue weighted by molar-refractivity contribution is 6.24. The van der Waals surface area contributed by atoms with E-state index in [0.29, 0.717) is 19.0 Å². The topological polar surface area (TPSA) is 165 Å². The zero-order valence-corrected chi connectivity index (χ0v) is 26.8. The molecule has 0 unspecified atom stereocenters. The molecule has 0 radical (unpaired) electrons. The molecule has 0 saturated heterocycles. The maximum absolute atomic E-state index is 15.1. The first kappa shape index (κ1) is 33.5. The van der Waals surface area contributed by atoms with Gasteiger partial charge in [0.2, 0.25) is 5.78 Å². The highest BCUT2D eigenvalue weighted by Crippen LogP contribution is 2.55. The SMILES string of the molecule is CCC1(CN(Cc2cc(O)c3c(c2C(F)(F)F)C[C@H]2C[C@H]4[C@H](N(C)C)C(=O)C(C(N)=O)=C(O)[C@@]4(O)C(=O)C2=C3O)CC2CC2)CCC1. The lowest BCUT2D eigenvalue weighted by atomic mass is 9.57.